The number of aryl methyl sites for hydroxylation is 1. The number of ether oxygens (including phenoxy) is 2. The Labute approximate surface area is 246 Å². The number of halogens is 1. The van der Waals surface area contributed by atoms with Crippen molar-refractivity contribution in [2.24, 2.45) is 7.05 Å². The molecule has 1 atom stereocenters. The normalized spacial score (nSPS) is 13.6. The van der Waals surface area contributed by atoms with Gasteiger partial charge in [0.05, 0.1) is 24.0 Å². The van der Waals surface area contributed by atoms with Crippen molar-refractivity contribution in [3.63, 3.8) is 0 Å². The number of anilines is 1. The van der Waals surface area contributed by atoms with Gasteiger partial charge >= 0.3 is 5.97 Å². The molecule has 0 radical (unpaired) electrons. The predicted octanol–water partition coefficient (Wildman–Crippen LogP) is 4.79. The predicted molar refractivity (Wildman–Crippen MR) is 155 cm³/mol. The maximum absolute atomic E-state index is 13.2. The average Bonchev–Trinajstić information content (AvgIpc) is 3.36. The molecule has 0 unspecified atom stereocenters. The van der Waals surface area contributed by atoms with Crippen molar-refractivity contribution in [3.8, 4) is 5.75 Å². The molecule has 10 nitrogen and oxygen atoms in total. The first kappa shape index (κ1) is 29.9. The first-order chi connectivity index (χ1) is 19.3. The summed E-state index contributed by atoms with van der Waals surface area (Å²) >= 11 is 8.57. The van der Waals surface area contributed by atoms with Crippen molar-refractivity contribution in [1.82, 2.24) is 20.1 Å². The highest BCUT2D eigenvalue weighted by molar-refractivity contribution is 8.00. The number of carbonyl (C=O) groups is 3. The van der Waals surface area contributed by atoms with Crippen molar-refractivity contribution >= 4 is 57.5 Å². The Morgan fingerprint density at radius 1 is 1.15 bits per heavy atom. The summed E-state index contributed by atoms with van der Waals surface area (Å²) in [5, 5.41) is 15.2. The fourth-order valence-electron chi connectivity index (χ4n) is 4.19. The van der Waals surface area contributed by atoms with Gasteiger partial charge in [0.15, 0.2) is 17.6 Å². The van der Waals surface area contributed by atoms with Crippen molar-refractivity contribution in [3.05, 3.63) is 51.1 Å². The summed E-state index contributed by atoms with van der Waals surface area (Å²) in [6, 6.07) is 6.74. The van der Waals surface area contributed by atoms with Crippen molar-refractivity contribution in [1.29, 1.82) is 0 Å². The number of esters is 1. The number of nitrogens with one attached hydrogen (secondary N) is 2. The van der Waals surface area contributed by atoms with Crippen LogP contribution in [0.15, 0.2) is 29.4 Å². The molecule has 2 aromatic heterocycles. The zero-order valence-electron chi connectivity index (χ0n) is 22.6. The van der Waals surface area contributed by atoms with Crippen LogP contribution in [0.5, 0.6) is 5.75 Å². The summed E-state index contributed by atoms with van der Waals surface area (Å²) in [4.78, 5) is 39.3. The summed E-state index contributed by atoms with van der Waals surface area (Å²) in [7, 11) is 1.77. The highest BCUT2D eigenvalue weighted by Gasteiger charge is 2.28. The summed E-state index contributed by atoms with van der Waals surface area (Å²) in [6.07, 6.45) is 4.92. The number of aromatic nitrogens is 3. The lowest BCUT2D eigenvalue weighted by atomic mass is 10.1. The number of hydrogen-bond donors (Lipinski definition) is 2. The number of thioether (sulfide) groups is 1. The van der Waals surface area contributed by atoms with E-state index in [-0.39, 0.29) is 31.6 Å². The largest absolute Gasteiger partial charge is 0.484 e. The van der Waals surface area contributed by atoms with Crippen LogP contribution < -0.4 is 15.4 Å². The topological polar surface area (TPSA) is 124 Å². The summed E-state index contributed by atoms with van der Waals surface area (Å²) in [5.41, 5.74) is 1.50. The molecule has 1 aliphatic rings. The lowest BCUT2D eigenvalue weighted by molar-refractivity contribution is -0.123. The molecule has 2 heterocycles. The van der Waals surface area contributed by atoms with E-state index in [0.717, 1.165) is 42.5 Å². The van der Waals surface area contributed by atoms with E-state index in [2.05, 4.69) is 20.8 Å². The van der Waals surface area contributed by atoms with Crippen LogP contribution in [-0.2, 0) is 40.8 Å². The van der Waals surface area contributed by atoms with E-state index in [4.69, 9.17) is 21.1 Å². The van der Waals surface area contributed by atoms with E-state index in [1.807, 2.05) is 0 Å². The number of nitrogens with zero attached hydrogens (tertiary/aromatic N) is 3. The van der Waals surface area contributed by atoms with Crippen molar-refractivity contribution in [2.45, 2.75) is 62.9 Å². The SMILES string of the molecule is CCOC(=O)c1c(NC(=O)[C@@H](C)Sc2nnc(CNC(=O)COc3ccc(Cl)cc3)n2C)sc2c1CCCCC2. The number of carbonyl (C=O) groups excluding carboxylic acids is 3. The van der Waals surface area contributed by atoms with Gasteiger partial charge in [-0.2, -0.15) is 0 Å². The maximum Gasteiger partial charge on any atom is 0.341 e. The molecule has 4 rings (SSSR count). The molecule has 0 aliphatic heterocycles. The molecule has 2 N–H and O–H groups in total. The Kier molecular flexibility index (Phi) is 10.5. The van der Waals surface area contributed by atoms with Gasteiger partial charge in [-0.05, 0) is 69.4 Å². The van der Waals surface area contributed by atoms with Crippen LogP contribution in [0.3, 0.4) is 0 Å². The molecule has 0 bridgehead atoms. The number of amides is 2. The molecule has 0 saturated heterocycles. The minimum atomic E-state index is -0.518. The molecule has 214 valence electrons. The van der Waals surface area contributed by atoms with Crippen molar-refractivity contribution < 1.29 is 23.9 Å². The molecule has 13 heteroatoms. The maximum atomic E-state index is 13.2. The van der Waals surface area contributed by atoms with E-state index >= 15 is 0 Å². The van der Waals surface area contributed by atoms with E-state index in [0.29, 0.717) is 32.3 Å². The first-order valence-corrected chi connectivity index (χ1v) is 15.2. The summed E-state index contributed by atoms with van der Waals surface area (Å²) < 4.78 is 12.5. The highest BCUT2D eigenvalue weighted by atomic mass is 35.5. The minimum Gasteiger partial charge on any atom is -0.484 e. The van der Waals surface area contributed by atoms with E-state index in [1.165, 1.54) is 23.1 Å². The lowest BCUT2D eigenvalue weighted by Gasteiger charge is -2.12. The Morgan fingerprint density at radius 2 is 1.90 bits per heavy atom. The van der Waals surface area contributed by atoms with Gasteiger partial charge < -0.3 is 24.7 Å². The molecule has 0 fully saturated rings. The third-order valence-electron chi connectivity index (χ3n) is 6.34. The molecule has 40 heavy (non-hydrogen) atoms. The smallest absolute Gasteiger partial charge is 0.341 e. The van der Waals surface area contributed by atoms with Crippen LogP contribution in [0, 0.1) is 0 Å². The van der Waals surface area contributed by atoms with Gasteiger partial charge in [0.25, 0.3) is 5.91 Å². The lowest BCUT2D eigenvalue weighted by Crippen LogP contribution is -2.29. The van der Waals surface area contributed by atoms with Crippen LogP contribution in [-0.4, -0.2) is 51.0 Å². The fraction of sp³-hybridized carbons (Fsp3) is 0.444. The molecule has 0 spiro atoms. The third-order valence-corrected chi connectivity index (χ3v) is 8.93. The standard InChI is InChI=1S/C27H32ClN5O5S2/c1-4-37-26(36)23-19-8-6-5-7-9-20(19)40-25(23)30-24(35)16(2)39-27-32-31-21(33(27)3)14-29-22(34)15-38-18-12-10-17(28)11-13-18/h10-13,16H,4-9,14-15H2,1-3H3,(H,29,34)(H,30,35)/t16-/m1/s1. The average molecular weight is 606 g/mol. The van der Waals surface area contributed by atoms with E-state index in [9.17, 15) is 14.4 Å². The molecular formula is C27H32ClN5O5S2. The van der Waals surface area contributed by atoms with Crippen LogP contribution in [0.4, 0.5) is 5.00 Å². The van der Waals surface area contributed by atoms with Crippen LogP contribution in [0.25, 0.3) is 0 Å². The van der Waals surface area contributed by atoms with Gasteiger partial charge in [0.1, 0.15) is 10.8 Å². The Balaban J connectivity index is 1.34. The fourth-order valence-corrected chi connectivity index (χ4v) is 6.43. The molecule has 1 aliphatic carbocycles. The van der Waals surface area contributed by atoms with Gasteiger partial charge in [-0.15, -0.1) is 21.5 Å². The van der Waals surface area contributed by atoms with Crippen LogP contribution in [0.1, 0.15) is 59.7 Å². The van der Waals surface area contributed by atoms with Crippen LogP contribution >= 0.6 is 34.7 Å². The van der Waals surface area contributed by atoms with E-state index in [1.54, 1.807) is 49.7 Å². The molecule has 3 aromatic rings. The second-order valence-corrected chi connectivity index (χ2v) is 12.1. The number of benzene rings is 1. The molecule has 2 amide bonds. The second-order valence-electron chi connectivity index (χ2n) is 9.22. The van der Waals surface area contributed by atoms with Gasteiger partial charge in [0, 0.05) is 16.9 Å². The monoisotopic (exact) mass is 605 g/mol. The number of rotatable bonds is 11. The Morgan fingerprint density at radius 3 is 2.65 bits per heavy atom. The Bertz CT molecular complexity index is 1360. The first-order valence-electron chi connectivity index (χ1n) is 13.1. The van der Waals surface area contributed by atoms with E-state index < -0.39 is 11.2 Å². The van der Waals surface area contributed by atoms with Gasteiger partial charge in [-0.1, -0.05) is 29.8 Å². The molecule has 0 saturated carbocycles. The summed E-state index contributed by atoms with van der Waals surface area (Å²) in [5.74, 6) is 0.116. The number of hydrogen-bond acceptors (Lipinski definition) is 9. The minimum absolute atomic E-state index is 0.150. The second kappa shape index (κ2) is 14.0. The molecule has 1 aromatic carbocycles. The quantitative estimate of drug-likeness (QED) is 0.182. The van der Waals surface area contributed by atoms with Gasteiger partial charge in [-0.25, -0.2) is 4.79 Å². The van der Waals surface area contributed by atoms with Gasteiger partial charge in [-0.3, -0.25) is 9.59 Å². The van der Waals surface area contributed by atoms with Crippen LogP contribution in [0.2, 0.25) is 5.02 Å². The summed E-state index contributed by atoms with van der Waals surface area (Å²) in [6.45, 7) is 3.81. The van der Waals surface area contributed by atoms with Crippen molar-refractivity contribution in [2.75, 3.05) is 18.5 Å². The third kappa shape index (κ3) is 7.55. The van der Waals surface area contributed by atoms with Gasteiger partial charge in [0.2, 0.25) is 5.91 Å². The molecular weight excluding hydrogens is 574 g/mol. The number of fused-ring (bicyclic) bond motifs is 1. The Hall–Kier alpha value is -3.09. The zero-order valence-corrected chi connectivity index (χ0v) is 25.0. The highest BCUT2D eigenvalue weighted by Crippen LogP contribution is 2.38. The zero-order chi connectivity index (χ0) is 28.6. The number of thiophene rings is 1.